The normalized spacial score (nSPS) is 21.2. The predicted molar refractivity (Wildman–Crippen MR) is 103 cm³/mol. The molecular formula is C19H31N5O. The van der Waals surface area contributed by atoms with Crippen molar-refractivity contribution in [3.05, 3.63) is 35.9 Å². The van der Waals surface area contributed by atoms with Crippen LogP contribution in [0.15, 0.2) is 35.3 Å². The number of nitrogens with one attached hydrogen (secondary N) is 2. The van der Waals surface area contributed by atoms with Crippen LogP contribution >= 0.6 is 0 Å². The molecule has 6 heteroatoms. The van der Waals surface area contributed by atoms with Crippen LogP contribution in [0.2, 0.25) is 0 Å². The molecular weight excluding hydrogens is 314 g/mol. The Hall–Kier alpha value is -2.08. The lowest BCUT2D eigenvalue weighted by atomic mass is 10.2. The van der Waals surface area contributed by atoms with Gasteiger partial charge in [-0.3, -0.25) is 9.69 Å². The van der Waals surface area contributed by atoms with Crippen LogP contribution in [0.4, 0.5) is 0 Å². The summed E-state index contributed by atoms with van der Waals surface area (Å²) in [6.07, 6.45) is 1.07. The van der Waals surface area contributed by atoms with Gasteiger partial charge in [-0.1, -0.05) is 30.3 Å². The van der Waals surface area contributed by atoms with Crippen molar-refractivity contribution in [2.75, 3.05) is 33.7 Å². The Morgan fingerprint density at radius 1 is 1.32 bits per heavy atom. The summed E-state index contributed by atoms with van der Waals surface area (Å²) in [4.78, 5) is 20.2. The Morgan fingerprint density at radius 2 is 2.04 bits per heavy atom. The second kappa shape index (κ2) is 9.42. The molecule has 2 rings (SSSR count). The first-order valence-corrected chi connectivity index (χ1v) is 9.02. The number of carbonyl (C=O) groups is 1. The van der Waals surface area contributed by atoms with Crippen molar-refractivity contribution in [1.29, 1.82) is 0 Å². The molecule has 0 aliphatic carbocycles. The number of aliphatic imine (C=N–C) groups is 1. The van der Waals surface area contributed by atoms with Gasteiger partial charge in [0.25, 0.3) is 0 Å². The van der Waals surface area contributed by atoms with Crippen molar-refractivity contribution in [1.82, 2.24) is 20.4 Å². The minimum atomic E-state index is 0.00250. The summed E-state index contributed by atoms with van der Waals surface area (Å²) in [5.74, 6) is 0.721. The molecule has 2 atom stereocenters. The van der Waals surface area contributed by atoms with Crippen LogP contribution < -0.4 is 10.6 Å². The lowest BCUT2D eigenvalue weighted by Gasteiger charge is -2.21. The lowest BCUT2D eigenvalue weighted by Crippen LogP contribution is -2.45. The summed E-state index contributed by atoms with van der Waals surface area (Å²) < 4.78 is 0. The van der Waals surface area contributed by atoms with Crippen LogP contribution in [0.5, 0.6) is 0 Å². The number of carbonyl (C=O) groups excluding carboxylic acids is 1. The average Bonchev–Trinajstić information content (AvgIpc) is 2.92. The molecule has 1 amide bonds. The third-order valence-electron chi connectivity index (χ3n) is 4.49. The predicted octanol–water partition coefficient (Wildman–Crippen LogP) is 1.29. The van der Waals surface area contributed by atoms with Crippen molar-refractivity contribution in [3.8, 4) is 0 Å². The molecule has 0 spiro atoms. The first-order chi connectivity index (χ1) is 12.0. The maximum Gasteiger partial charge on any atom is 0.243 e. The summed E-state index contributed by atoms with van der Waals surface area (Å²) in [5.41, 5.74) is 1.34. The molecule has 138 valence electrons. The monoisotopic (exact) mass is 345 g/mol. The second-order valence-corrected chi connectivity index (χ2v) is 6.82. The molecule has 1 fully saturated rings. The Labute approximate surface area is 151 Å². The summed E-state index contributed by atoms with van der Waals surface area (Å²) in [6, 6.07) is 11.4. The highest BCUT2D eigenvalue weighted by Crippen LogP contribution is 2.20. The minimum Gasteiger partial charge on any atom is -0.357 e. The van der Waals surface area contributed by atoms with Crippen molar-refractivity contribution in [2.24, 2.45) is 4.99 Å². The molecule has 1 aromatic carbocycles. The number of likely N-dealkylation sites (N-methyl/N-ethyl adjacent to an activating group) is 1. The molecule has 2 unspecified atom stereocenters. The molecule has 0 saturated carbocycles. The third kappa shape index (κ3) is 6.05. The van der Waals surface area contributed by atoms with Crippen molar-refractivity contribution in [2.45, 2.75) is 38.9 Å². The zero-order valence-corrected chi connectivity index (χ0v) is 15.8. The van der Waals surface area contributed by atoms with Gasteiger partial charge in [-0.2, -0.15) is 0 Å². The highest BCUT2D eigenvalue weighted by Gasteiger charge is 2.29. The number of rotatable bonds is 6. The maximum absolute atomic E-state index is 11.8. The number of amides is 1. The fraction of sp³-hybridized carbons (Fsp3) is 0.579. The maximum atomic E-state index is 11.8. The van der Waals surface area contributed by atoms with Gasteiger partial charge in [-0.25, -0.2) is 4.99 Å². The highest BCUT2D eigenvalue weighted by atomic mass is 16.2. The molecule has 1 aliphatic rings. The summed E-state index contributed by atoms with van der Waals surface area (Å²) in [6.45, 7) is 7.18. The van der Waals surface area contributed by atoms with Crippen LogP contribution in [0, 0.1) is 0 Å². The van der Waals surface area contributed by atoms with E-state index in [9.17, 15) is 4.79 Å². The smallest absolute Gasteiger partial charge is 0.243 e. The topological polar surface area (TPSA) is 60.0 Å². The summed E-state index contributed by atoms with van der Waals surface area (Å²) in [7, 11) is 3.50. The highest BCUT2D eigenvalue weighted by molar-refractivity contribution is 5.84. The van der Waals surface area contributed by atoms with Gasteiger partial charge in [0, 0.05) is 45.8 Å². The first-order valence-electron chi connectivity index (χ1n) is 9.02. The van der Waals surface area contributed by atoms with E-state index in [0.29, 0.717) is 12.1 Å². The molecule has 6 nitrogen and oxygen atoms in total. The van der Waals surface area contributed by atoms with E-state index in [1.54, 1.807) is 19.0 Å². The number of benzene rings is 1. The first kappa shape index (κ1) is 19.2. The molecule has 1 aliphatic heterocycles. The number of guanidine groups is 1. The molecule has 1 saturated heterocycles. The standard InChI is InChI=1S/C19H31N5O/c1-5-20-19(21-12-18(25)23(3)4)22-17-11-15(2)24(14-17)13-16-9-7-6-8-10-16/h6-10,15,17H,5,11-14H2,1-4H3,(H2,20,21,22). The molecule has 0 bridgehead atoms. The van der Waals surface area contributed by atoms with Gasteiger partial charge in [0.1, 0.15) is 6.54 Å². The van der Waals surface area contributed by atoms with Gasteiger partial charge in [-0.15, -0.1) is 0 Å². The van der Waals surface area contributed by atoms with E-state index in [0.717, 1.165) is 32.0 Å². The number of hydrogen-bond donors (Lipinski definition) is 2. The van der Waals surface area contributed by atoms with Crippen LogP contribution in [0.25, 0.3) is 0 Å². The van der Waals surface area contributed by atoms with Gasteiger partial charge in [0.15, 0.2) is 5.96 Å². The Bertz CT molecular complexity index is 572. The van der Waals surface area contributed by atoms with E-state index in [4.69, 9.17) is 0 Å². The molecule has 0 aromatic heterocycles. The van der Waals surface area contributed by atoms with Gasteiger partial charge in [-0.05, 0) is 25.8 Å². The summed E-state index contributed by atoms with van der Waals surface area (Å²) >= 11 is 0. The third-order valence-corrected chi connectivity index (χ3v) is 4.49. The Morgan fingerprint density at radius 3 is 2.68 bits per heavy atom. The molecule has 0 radical (unpaired) electrons. The molecule has 2 N–H and O–H groups in total. The summed E-state index contributed by atoms with van der Waals surface area (Å²) in [5, 5.41) is 6.72. The van der Waals surface area contributed by atoms with Crippen molar-refractivity contribution in [3.63, 3.8) is 0 Å². The van der Waals surface area contributed by atoms with Gasteiger partial charge >= 0.3 is 0 Å². The van der Waals surface area contributed by atoms with E-state index in [1.165, 1.54) is 5.56 Å². The minimum absolute atomic E-state index is 0.00250. The quantitative estimate of drug-likeness (QED) is 0.603. The van der Waals surface area contributed by atoms with E-state index < -0.39 is 0 Å². The average molecular weight is 345 g/mol. The second-order valence-electron chi connectivity index (χ2n) is 6.82. The van der Waals surface area contributed by atoms with Crippen LogP contribution in [-0.2, 0) is 11.3 Å². The van der Waals surface area contributed by atoms with E-state index >= 15 is 0 Å². The van der Waals surface area contributed by atoms with Gasteiger partial charge in [0.2, 0.25) is 5.91 Å². The molecule has 25 heavy (non-hydrogen) atoms. The number of hydrogen-bond acceptors (Lipinski definition) is 3. The lowest BCUT2D eigenvalue weighted by molar-refractivity contribution is -0.127. The zero-order valence-electron chi connectivity index (χ0n) is 15.8. The van der Waals surface area contributed by atoms with Crippen LogP contribution in [0.3, 0.4) is 0 Å². The van der Waals surface area contributed by atoms with Crippen LogP contribution in [0.1, 0.15) is 25.8 Å². The Balaban J connectivity index is 1.91. The fourth-order valence-electron chi connectivity index (χ4n) is 3.04. The number of nitrogens with zero attached hydrogens (tertiary/aromatic N) is 3. The largest absolute Gasteiger partial charge is 0.357 e. The van der Waals surface area contributed by atoms with Gasteiger partial charge < -0.3 is 15.5 Å². The fourth-order valence-corrected chi connectivity index (χ4v) is 3.04. The SMILES string of the molecule is CCNC(=NCC(=O)N(C)C)NC1CC(C)N(Cc2ccccc2)C1. The van der Waals surface area contributed by atoms with Crippen molar-refractivity contribution < 1.29 is 4.79 Å². The zero-order chi connectivity index (χ0) is 18.2. The van der Waals surface area contributed by atoms with E-state index in [2.05, 4.69) is 57.8 Å². The Kier molecular flexibility index (Phi) is 7.25. The number of likely N-dealkylation sites (tertiary alicyclic amines) is 1. The molecule has 1 aromatic rings. The van der Waals surface area contributed by atoms with E-state index in [-0.39, 0.29) is 12.5 Å². The van der Waals surface area contributed by atoms with E-state index in [1.807, 2.05) is 6.92 Å². The van der Waals surface area contributed by atoms with Crippen molar-refractivity contribution >= 4 is 11.9 Å². The van der Waals surface area contributed by atoms with Gasteiger partial charge in [0.05, 0.1) is 0 Å². The van der Waals surface area contributed by atoms with Crippen LogP contribution in [-0.4, -0.2) is 67.5 Å². The molecule has 1 heterocycles.